The maximum absolute atomic E-state index is 11.6. The molecule has 23 heavy (non-hydrogen) atoms. The molecular formula is C16H22FeN4O2. The number of hydrogen-bond donors (Lipinski definition) is 0. The number of allylic oxidation sites excluding steroid dienone is 4. The molecule has 0 unspecified atom stereocenters. The van der Waals surface area contributed by atoms with Gasteiger partial charge in [-0.15, -0.1) is 11.5 Å². The molecule has 0 amide bonds. The van der Waals surface area contributed by atoms with E-state index >= 15 is 0 Å². The summed E-state index contributed by atoms with van der Waals surface area (Å²) in [5, 5.41) is 23.2. The second kappa shape index (κ2) is 10.9. The van der Waals surface area contributed by atoms with E-state index in [1.165, 1.54) is 13.8 Å². The molecule has 0 N–H and O–H groups in total. The van der Waals surface area contributed by atoms with Crippen LogP contribution in [0.25, 0.3) is 0 Å². The monoisotopic (exact) mass is 358 g/mol. The van der Waals surface area contributed by atoms with Gasteiger partial charge in [0.05, 0.1) is 26.2 Å². The van der Waals surface area contributed by atoms with E-state index in [4.69, 9.17) is 0 Å². The fraction of sp³-hybridized carbons (Fsp3) is 0.500. The molecule has 1 aliphatic heterocycles. The van der Waals surface area contributed by atoms with Crippen molar-refractivity contribution in [1.82, 2.24) is 0 Å². The van der Waals surface area contributed by atoms with Crippen LogP contribution in [0.4, 0.5) is 0 Å². The second-order valence-corrected chi connectivity index (χ2v) is 4.94. The number of aliphatic imine (C=N–C) groups is 4. The Hall–Kier alpha value is -1.72. The van der Waals surface area contributed by atoms with E-state index in [2.05, 4.69) is 20.0 Å². The minimum absolute atomic E-state index is 0. The molecule has 1 aliphatic rings. The van der Waals surface area contributed by atoms with Crippen molar-refractivity contribution in [2.75, 3.05) is 26.2 Å². The summed E-state index contributed by atoms with van der Waals surface area (Å²) in [6.45, 7) is 8.37. The molecule has 1 heterocycles. The summed E-state index contributed by atoms with van der Waals surface area (Å²) in [5.74, 6) is -0.125. The smallest absolute Gasteiger partial charge is 0.875 e. The molecule has 0 saturated carbocycles. The van der Waals surface area contributed by atoms with Crippen molar-refractivity contribution in [3.63, 3.8) is 0 Å². The van der Waals surface area contributed by atoms with Gasteiger partial charge in [0.2, 0.25) is 0 Å². The van der Waals surface area contributed by atoms with E-state index in [0.717, 1.165) is 0 Å². The van der Waals surface area contributed by atoms with E-state index in [9.17, 15) is 10.2 Å². The van der Waals surface area contributed by atoms with Crippen molar-refractivity contribution in [3.05, 3.63) is 22.7 Å². The predicted molar refractivity (Wildman–Crippen MR) is 88.1 cm³/mol. The van der Waals surface area contributed by atoms with Gasteiger partial charge in [0, 0.05) is 35.0 Å². The van der Waals surface area contributed by atoms with Crippen LogP contribution in [0.5, 0.6) is 0 Å². The first kappa shape index (κ1) is 21.3. The van der Waals surface area contributed by atoms with Crippen LogP contribution in [0, 0.1) is 0 Å². The number of hydrogen-bond acceptors (Lipinski definition) is 6. The van der Waals surface area contributed by atoms with Gasteiger partial charge in [0.25, 0.3) is 0 Å². The zero-order valence-electron chi connectivity index (χ0n) is 13.9. The summed E-state index contributed by atoms with van der Waals surface area (Å²) in [5.41, 5.74) is 2.33. The molecule has 0 aromatic heterocycles. The Morgan fingerprint density at radius 3 is 1.43 bits per heavy atom. The minimum atomic E-state index is -0.0625. The summed E-state index contributed by atoms with van der Waals surface area (Å²) in [4.78, 5) is 17.1. The van der Waals surface area contributed by atoms with Gasteiger partial charge >= 0.3 is 17.1 Å². The SMILES string of the molecule is CC1=NCCN=C(C)/C(=C(\C)[O-])C=NCCN=C/C1=C(\C)[O-].[Fe+2]. The molecule has 126 valence electrons. The second-order valence-electron chi connectivity index (χ2n) is 4.94. The molecule has 0 bridgehead atoms. The summed E-state index contributed by atoms with van der Waals surface area (Å²) in [6.07, 6.45) is 3.10. The number of nitrogens with zero attached hydrogens (tertiary/aromatic N) is 4. The molecular weight excluding hydrogens is 336 g/mol. The molecule has 0 atom stereocenters. The van der Waals surface area contributed by atoms with Crippen LogP contribution in [0.3, 0.4) is 0 Å². The van der Waals surface area contributed by atoms with Gasteiger partial charge in [-0.1, -0.05) is 13.8 Å². The molecule has 7 heteroatoms. The Morgan fingerprint density at radius 2 is 1.13 bits per heavy atom. The third-order valence-corrected chi connectivity index (χ3v) is 3.14. The van der Waals surface area contributed by atoms with Crippen molar-refractivity contribution in [2.24, 2.45) is 20.0 Å². The Morgan fingerprint density at radius 1 is 0.783 bits per heavy atom. The minimum Gasteiger partial charge on any atom is -0.875 e. The Bertz CT molecular complexity index is 527. The van der Waals surface area contributed by atoms with Crippen LogP contribution in [-0.4, -0.2) is 50.0 Å². The molecule has 0 spiro atoms. The fourth-order valence-electron chi connectivity index (χ4n) is 1.91. The Kier molecular flexibility index (Phi) is 10.1. The third kappa shape index (κ3) is 7.39. The first-order valence-electron chi connectivity index (χ1n) is 7.21. The van der Waals surface area contributed by atoms with E-state index in [0.29, 0.717) is 48.7 Å². The molecule has 0 fully saturated rings. The van der Waals surface area contributed by atoms with E-state index < -0.39 is 0 Å². The molecule has 6 nitrogen and oxygen atoms in total. The molecule has 1 rings (SSSR count). The standard InChI is InChI=1S/C16H24N4O2.Fe/c1-11-15(13(3)21)9-17-5-6-18-10-16(14(4)22)12(2)20-8-7-19-11;/h9-10,21-22H,5-8H2,1-4H3;/q;+2/p-2/b15-13-,16-14+,17-9?,18-10?,19-11?,20-12?;. The van der Waals surface area contributed by atoms with Crippen LogP contribution in [-0.2, 0) is 17.1 Å². The molecule has 0 aromatic rings. The summed E-state index contributed by atoms with van der Waals surface area (Å²) >= 11 is 0. The van der Waals surface area contributed by atoms with Crippen molar-refractivity contribution in [2.45, 2.75) is 27.7 Å². The first-order valence-corrected chi connectivity index (χ1v) is 7.21. The first-order chi connectivity index (χ1) is 10.4. The van der Waals surface area contributed by atoms with Crippen LogP contribution in [0.15, 0.2) is 42.6 Å². The van der Waals surface area contributed by atoms with E-state index in [1.54, 1.807) is 26.3 Å². The van der Waals surface area contributed by atoms with Gasteiger partial charge in [-0.25, -0.2) is 0 Å². The van der Waals surface area contributed by atoms with Crippen LogP contribution >= 0.6 is 0 Å². The maximum atomic E-state index is 11.6. The molecule has 0 radical (unpaired) electrons. The zero-order valence-corrected chi connectivity index (χ0v) is 15.0. The van der Waals surface area contributed by atoms with Crippen LogP contribution in [0.2, 0.25) is 0 Å². The van der Waals surface area contributed by atoms with Crippen molar-refractivity contribution in [1.29, 1.82) is 0 Å². The van der Waals surface area contributed by atoms with Gasteiger partial charge in [-0.2, -0.15) is 0 Å². The number of rotatable bonds is 0. The average Bonchev–Trinajstić information content (AvgIpc) is 2.44. The van der Waals surface area contributed by atoms with Gasteiger partial charge in [-0.05, 0) is 13.8 Å². The van der Waals surface area contributed by atoms with Crippen molar-refractivity contribution in [3.8, 4) is 0 Å². The van der Waals surface area contributed by atoms with Crippen LogP contribution in [0.1, 0.15) is 27.7 Å². The van der Waals surface area contributed by atoms with Gasteiger partial charge in [0.15, 0.2) is 0 Å². The van der Waals surface area contributed by atoms with Gasteiger partial charge < -0.3 is 10.2 Å². The molecule has 0 aromatic carbocycles. The third-order valence-electron chi connectivity index (χ3n) is 3.14. The Balaban J connectivity index is 0.00000484. The van der Waals surface area contributed by atoms with E-state index in [-0.39, 0.29) is 28.6 Å². The topological polar surface area (TPSA) is 95.6 Å². The summed E-state index contributed by atoms with van der Waals surface area (Å²) in [7, 11) is 0. The Labute approximate surface area is 148 Å². The maximum Gasteiger partial charge on any atom is 2.00 e. The van der Waals surface area contributed by atoms with Crippen LogP contribution < -0.4 is 10.2 Å². The quantitative estimate of drug-likeness (QED) is 0.461. The van der Waals surface area contributed by atoms with E-state index in [1.807, 2.05) is 0 Å². The van der Waals surface area contributed by atoms with Gasteiger partial charge in [0.1, 0.15) is 0 Å². The van der Waals surface area contributed by atoms with Crippen molar-refractivity contribution < 1.29 is 27.3 Å². The zero-order chi connectivity index (χ0) is 16.5. The normalized spacial score (nSPS) is 21.6. The predicted octanol–water partition coefficient (Wildman–Crippen LogP) is 0.330. The molecule has 0 aliphatic carbocycles. The van der Waals surface area contributed by atoms with Gasteiger partial charge in [-0.3, -0.25) is 20.0 Å². The molecule has 0 saturated heterocycles. The summed E-state index contributed by atoms with van der Waals surface area (Å²) < 4.78 is 0. The largest absolute Gasteiger partial charge is 2.00 e. The fourth-order valence-corrected chi connectivity index (χ4v) is 1.91. The average molecular weight is 358 g/mol. The van der Waals surface area contributed by atoms with Crippen molar-refractivity contribution >= 4 is 23.9 Å². The summed E-state index contributed by atoms with van der Waals surface area (Å²) in [6, 6.07) is 0.